The second-order valence-corrected chi connectivity index (χ2v) is 15.2. The number of aromatic hydroxyl groups is 2. The van der Waals surface area contributed by atoms with E-state index in [2.05, 4.69) is 15.9 Å². The Bertz CT molecular complexity index is 2100. The molecule has 2 saturated heterocycles. The van der Waals surface area contributed by atoms with Crippen molar-refractivity contribution in [1.82, 2.24) is 0 Å². The number of nitriles is 3. The second-order valence-electron chi connectivity index (χ2n) is 14.4. The molecule has 4 aromatic carbocycles. The van der Waals surface area contributed by atoms with Crippen LogP contribution in [0.3, 0.4) is 0 Å². The third-order valence-corrected chi connectivity index (χ3v) is 10.0. The lowest BCUT2D eigenvalue weighted by atomic mass is 9.76. The zero-order valence-corrected chi connectivity index (χ0v) is 33.8. The van der Waals surface area contributed by atoms with Crippen LogP contribution in [0.1, 0.15) is 79.5 Å². The third kappa shape index (κ3) is 12.8. The van der Waals surface area contributed by atoms with Crippen LogP contribution in [0.2, 0.25) is 0 Å². The minimum absolute atomic E-state index is 0. The second kappa shape index (κ2) is 20.0. The van der Waals surface area contributed by atoms with Gasteiger partial charge in [0.25, 0.3) is 0 Å². The maximum atomic E-state index is 13.0. The molecule has 0 amide bonds. The van der Waals surface area contributed by atoms with E-state index in [1.54, 1.807) is 18.2 Å². The molecule has 4 N–H and O–H groups in total. The molecule has 0 atom stereocenters. The van der Waals surface area contributed by atoms with Crippen molar-refractivity contribution in [2.45, 2.75) is 85.2 Å². The van der Waals surface area contributed by atoms with Crippen molar-refractivity contribution in [1.29, 1.82) is 15.8 Å². The first-order valence-electron chi connectivity index (χ1n) is 17.0. The fraction of sp³-hybridized carbons (Fsp3) is 0.325. The first-order chi connectivity index (χ1) is 26.1. The van der Waals surface area contributed by atoms with Crippen LogP contribution in [0.25, 0.3) is 0 Å². The van der Waals surface area contributed by atoms with Crippen molar-refractivity contribution >= 4 is 48.8 Å². The molecule has 0 aromatic heterocycles. The van der Waals surface area contributed by atoms with Gasteiger partial charge in [-0.05, 0) is 126 Å². The molecule has 0 aliphatic carbocycles. The number of rotatable bonds is 4. The SMILES string of the molecule is C.CC1(C)OB(c2ccc(O)cc2C#N)OC1(C)C.CC1(C)O[B]OC1(C)C.N#Cc1cc(O)ccc1Br.N#Cc1cc(Oc2cccc(F)c2)ccc1B(O)O. The molecule has 0 spiro atoms. The smallest absolute Gasteiger partial charge is 0.496 e. The van der Waals surface area contributed by atoms with E-state index >= 15 is 0 Å². The highest BCUT2D eigenvalue weighted by Gasteiger charge is 2.52. The number of phenolic OH excluding ortho intramolecular Hbond substituents is 2. The van der Waals surface area contributed by atoms with Crippen molar-refractivity contribution in [3.63, 3.8) is 0 Å². The van der Waals surface area contributed by atoms with Gasteiger partial charge in [-0.1, -0.05) is 25.6 Å². The highest BCUT2D eigenvalue weighted by molar-refractivity contribution is 9.10. The van der Waals surface area contributed by atoms with Gasteiger partial charge in [0, 0.05) is 21.5 Å². The van der Waals surface area contributed by atoms with Crippen molar-refractivity contribution in [3.8, 4) is 41.2 Å². The first-order valence-corrected chi connectivity index (χ1v) is 17.8. The molecule has 12 nitrogen and oxygen atoms in total. The zero-order valence-electron chi connectivity index (χ0n) is 32.2. The summed E-state index contributed by atoms with van der Waals surface area (Å²) in [5.74, 6) is 0.347. The summed E-state index contributed by atoms with van der Waals surface area (Å²) >= 11 is 3.16. The number of halogens is 2. The summed E-state index contributed by atoms with van der Waals surface area (Å²) in [5, 5.41) is 62.9. The molecule has 297 valence electrons. The van der Waals surface area contributed by atoms with Gasteiger partial charge in [0.05, 0.1) is 51.2 Å². The Morgan fingerprint density at radius 1 is 0.684 bits per heavy atom. The Morgan fingerprint density at radius 3 is 1.65 bits per heavy atom. The van der Waals surface area contributed by atoms with E-state index in [1.807, 2.05) is 73.6 Å². The Labute approximate surface area is 343 Å². The number of benzene rings is 4. The molecular weight excluding hydrogens is 798 g/mol. The number of nitrogens with zero attached hydrogens (tertiary/aromatic N) is 3. The van der Waals surface area contributed by atoms with E-state index in [1.165, 1.54) is 68.3 Å². The summed E-state index contributed by atoms with van der Waals surface area (Å²) < 4.78 is 41.2. The van der Waals surface area contributed by atoms with E-state index in [-0.39, 0.29) is 41.2 Å². The lowest BCUT2D eigenvalue weighted by Crippen LogP contribution is -2.41. The normalized spacial score (nSPS) is 16.1. The number of hydrogen-bond acceptors (Lipinski definition) is 12. The Morgan fingerprint density at radius 2 is 1.19 bits per heavy atom. The van der Waals surface area contributed by atoms with Crippen LogP contribution >= 0.6 is 15.9 Å². The summed E-state index contributed by atoms with van der Waals surface area (Å²) in [4.78, 5) is 0. The number of ether oxygens (including phenoxy) is 1. The summed E-state index contributed by atoms with van der Waals surface area (Å²) in [5.41, 5.74) is 0.380. The molecule has 2 fully saturated rings. The van der Waals surface area contributed by atoms with Gasteiger partial charge in [0.15, 0.2) is 0 Å². The average molecular weight is 843 g/mol. The van der Waals surface area contributed by atoms with Gasteiger partial charge in [-0.25, -0.2) is 4.39 Å². The van der Waals surface area contributed by atoms with Crippen LogP contribution in [0.15, 0.2) is 83.3 Å². The zero-order chi connectivity index (χ0) is 42.1. The largest absolute Gasteiger partial charge is 0.508 e. The van der Waals surface area contributed by atoms with Crippen LogP contribution in [0.4, 0.5) is 4.39 Å². The predicted octanol–water partition coefficient (Wildman–Crippen LogP) is 6.52. The monoisotopic (exact) mass is 842 g/mol. The Kier molecular flexibility index (Phi) is 16.9. The molecule has 2 aliphatic rings. The fourth-order valence-corrected chi connectivity index (χ4v) is 4.89. The predicted molar refractivity (Wildman–Crippen MR) is 219 cm³/mol. The molecular formula is C40H45B3BrFN3O9. The van der Waals surface area contributed by atoms with E-state index in [9.17, 15) is 9.50 Å². The molecule has 6 rings (SSSR count). The third-order valence-electron chi connectivity index (χ3n) is 9.33. The molecule has 0 unspecified atom stereocenters. The van der Waals surface area contributed by atoms with Gasteiger partial charge in [0.1, 0.15) is 34.9 Å². The molecule has 2 aliphatic heterocycles. The molecule has 0 bridgehead atoms. The molecule has 17 heteroatoms. The summed E-state index contributed by atoms with van der Waals surface area (Å²) in [6, 6.07) is 24.8. The van der Waals surface area contributed by atoms with E-state index in [0.717, 1.165) is 0 Å². The highest BCUT2D eigenvalue weighted by Crippen LogP contribution is 2.37. The van der Waals surface area contributed by atoms with Crippen molar-refractivity contribution < 1.29 is 48.0 Å². The summed E-state index contributed by atoms with van der Waals surface area (Å²) in [6.45, 7) is 15.9. The van der Waals surface area contributed by atoms with Gasteiger partial charge in [-0.2, -0.15) is 15.8 Å². The minimum Gasteiger partial charge on any atom is -0.508 e. The topological polar surface area (TPSA) is 198 Å². The van der Waals surface area contributed by atoms with Crippen LogP contribution in [-0.2, 0) is 18.6 Å². The van der Waals surface area contributed by atoms with Gasteiger partial charge < -0.3 is 43.6 Å². The standard InChI is InChI=1S/C13H9BFNO3.C13H16BNO3.C7H4BrNO.C6H12BO2.CH4/c15-10-2-1-3-11(7-10)19-12-4-5-13(14(17)18)9(6-12)8-16;1-12(2)13(3,4)18-14(17-12)11-6-5-10(16)7-9(11)8-15;8-7-2-1-6(10)3-5(7)4-9;1-5(2)6(3,4)9-7-8-5;/h1-7,17-18H;5-7,16H,1-4H3;1-3,10H;1-4H3;1H4. The fourth-order valence-electron chi connectivity index (χ4n) is 4.55. The first kappa shape index (κ1) is 48.3. The van der Waals surface area contributed by atoms with Crippen LogP contribution in [0.5, 0.6) is 23.0 Å². The summed E-state index contributed by atoms with van der Waals surface area (Å²) in [6.07, 6.45) is 0. The Balaban J connectivity index is 0.000000273. The van der Waals surface area contributed by atoms with Gasteiger partial charge >= 0.3 is 21.9 Å². The lowest BCUT2D eigenvalue weighted by molar-refractivity contribution is 0.00578. The maximum absolute atomic E-state index is 13.0. The maximum Gasteiger partial charge on any atom is 0.496 e. The number of hydrogen-bond donors (Lipinski definition) is 4. The van der Waals surface area contributed by atoms with Crippen LogP contribution in [0, 0.1) is 39.8 Å². The van der Waals surface area contributed by atoms with Crippen molar-refractivity contribution in [2.24, 2.45) is 0 Å². The lowest BCUT2D eigenvalue weighted by Gasteiger charge is -2.32. The van der Waals surface area contributed by atoms with E-state index in [0.29, 0.717) is 32.6 Å². The quantitative estimate of drug-likeness (QED) is 0.163. The van der Waals surface area contributed by atoms with Crippen LogP contribution in [-0.4, -0.2) is 64.6 Å². The average Bonchev–Trinajstić information content (AvgIpc) is 3.51. The number of phenols is 2. The van der Waals surface area contributed by atoms with E-state index in [4.69, 9.17) is 54.3 Å². The van der Waals surface area contributed by atoms with Gasteiger partial charge in [-0.3, -0.25) is 0 Å². The summed E-state index contributed by atoms with van der Waals surface area (Å²) in [7, 11) is -0.886. The molecule has 4 aromatic rings. The molecule has 1 radical (unpaired) electrons. The Hall–Kier alpha value is -4.89. The van der Waals surface area contributed by atoms with Crippen molar-refractivity contribution in [3.05, 3.63) is 106 Å². The van der Waals surface area contributed by atoms with Crippen molar-refractivity contribution in [2.75, 3.05) is 0 Å². The van der Waals surface area contributed by atoms with Gasteiger partial charge in [-0.15, -0.1) is 0 Å². The van der Waals surface area contributed by atoms with Crippen LogP contribution < -0.4 is 15.7 Å². The minimum atomic E-state index is -1.72. The highest BCUT2D eigenvalue weighted by atomic mass is 79.9. The molecule has 57 heavy (non-hydrogen) atoms. The van der Waals surface area contributed by atoms with E-state index < -0.39 is 31.3 Å². The molecule has 0 saturated carbocycles. The van der Waals surface area contributed by atoms with Gasteiger partial charge in [0.2, 0.25) is 0 Å². The molecule has 2 heterocycles.